The minimum Gasteiger partial charge on any atom is -0.321 e. The van der Waals surface area contributed by atoms with Crippen molar-refractivity contribution in [2.24, 2.45) is 5.92 Å². The fourth-order valence-electron chi connectivity index (χ4n) is 3.14. The van der Waals surface area contributed by atoms with Gasteiger partial charge >= 0.3 is 0 Å². The average molecular weight is 422 g/mol. The van der Waals surface area contributed by atoms with Gasteiger partial charge in [-0.3, -0.25) is 4.79 Å². The Morgan fingerprint density at radius 3 is 2.50 bits per heavy atom. The lowest BCUT2D eigenvalue weighted by atomic mass is 9.98. The standard InChI is InChI=1S/C20H27N3O3S2/c1-14-6-5-11-23(13-14)28(25,26)16-9-7-15(8-10-16)22-18(24)17-12-21-19(27-17)20(2,3)4/h7-10,12,14H,5-6,11,13H2,1-4H3,(H,22,24). The second-order valence-electron chi connectivity index (χ2n) is 8.37. The molecule has 1 unspecified atom stereocenters. The van der Waals surface area contributed by atoms with Crippen LogP contribution in [0.25, 0.3) is 0 Å². The molecule has 2 aromatic rings. The van der Waals surface area contributed by atoms with Crippen molar-refractivity contribution >= 4 is 33.0 Å². The summed E-state index contributed by atoms with van der Waals surface area (Å²) in [6, 6.07) is 6.36. The minimum atomic E-state index is -3.49. The molecule has 1 aromatic heterocycles. The van der Waals surface area contributed by atoms with Crippen LogP contribution in [0.15, 0.2) is 35.4 Å². The van der Waals surface area contributed by atoms with E-state index in [4.69, 9.17) is 0 Å². The number of nitrogens with zero attached hydrogens (tertiary/aromatic N) is 2. The lowest BCUT2D eigenvalue weighted by Crippen LogP contribution is -2.39. The topological polar surface area (TPSA) is 79.4 Å². The van der Waals surface area contributed by atoms with Crippen LogP contribution >= 0.6 is 11.3 Å². The van der Waals surface area contributed by atoms with Crippen LogP contribution in [0.3, 0.4) is 0 Å². The zero-order valence-corrected chi connectivity index (χ0v) is 18.4. The van der Waals surface area contributed by atoms with Crippen LogP contribution in [0.4, 0.5) is 5.69 Å². The van der Waals surface area contributed by atoms with Crippen molar-refractivity contribution in [3.05, 3.63) is 40.3 Å². The van der Waals surface area contributed by atoms with Gasteiger partial charge in [0.1, 0.15) is 4.88 Å². The molecule has 1 fully saturated rings. The van der Waals surface area contributed by atoms with E-state index in [1.54, 1.807) is 34.8 Å². The van der Waals surface area contributed by atoms with E-state index in [0.717, 1.165) is 17.8 Å². The summed E-state index contributed by atoms with van der Waals surface area (Å²) in [5.74, 6) is 0.132. The molecule has 1 N–H and O–H groups in total. The number of piperidine rings is 1. The second kappa shape index (κ2) is 7.93. The van der Waals surface area contributed by atoms with Crippen molar-refractivity contribution in [1.82, 2.24) is 9.29 Å². The summed E-state index contributed by atoms with van der Waals surface area (Å²) >= 11 is 1.37. The van der Waals surface area contributed by atoms with Crippen LogP contribution in [0.5, 0.6) is 0 Å². The van der Waals surface area contributed by atoms with Gasteiger partial charge in [0.05, 0.1) is 16.1 Å². The van der Waals surface area contributed by atoms with Gasteiger partial charge in [0.25, 0.3) is 5.91 Å². The number of sulfonamides is 1. The number of amides is 1. The predicted molar refractivity (Wildman–Crippen MR) is 112 cm³/mol. The summed E-state index contributed by atoms with van der Waals surface area (Å²) in [6.07, 6.45) is 3.53. The number of hydrogen-bond donors (Lipinski definition) is 1. The molecule has 0 aliphatic carbocycles. The third-order valence-electron chi connectivity index (χ3n) is 4.74. The van der Waals surface area contributed by atoms with Crippen LogP contribution < -0.4 is 5.32 Å². The number of nitrogens with one attached hydrogen (secondary N) is 1. The first-order valence-electron chi connectivity index (χ1n) is 9.45. The first-order valence-corrected chi connectivity index (χ1v) is 11.7. The van der Waals surface area contributed by atoms with Crippen LogP contribution in [-0.4, -0.2) is 36.7 Å². The van der Waals surface area contributed by atoms with Gasteiger partial charge in [-0.1, -0.05) is 27.7 Å². The molecule has 0 spiro atoms. The van der Waals surface area contributed by atoms with Crippen molar-refractivity contribution in [3.8, 4) is 0 Å². The molecule has 1 aliphatic rings. The fraction of sp³-hybridized carbons (Fsp3) is 0.500. The molecule has 6 nitrogen and oxygen atoms in total. The molecule has 2 heterocycles. The Balaban J connectivity index is 1.70. The Kier molecular flexibility index (Phi) is 5.93. The van der Waals surface area contributed by atoms with Crippen LogP contribution in [0.1, 0.15) is 55.2 Å². The van der Waals surface area contributed by atoms with E-state index in [2.05, 4.69) is 38.0 Å². The van der Waals surface area contributed by atoms with E-state index >= 15 is 0 Å². The molecule has 28 heavy (non-hydrogen) atoms. The Bertz CT molecular complexity index is 944. The van der Waals surface area contributed by atoms with E-state index < -0.39 is 10.0 Å². The lowest BCUT2D eigenvalue weighted by molar-refractivity contribution is 0.103. The molecule has 3 rings (SSSR count). The van der Waals surface area contributed by atoms with Gasteiger partial charge in [0.2, 0.25) is 10.0 Å². The Hall–Kier alpha value is -1.77. The third kappa shape index (κ3) is 4.61. The first kappa shape index (κ1) is 21.0. The van der Waals surface area contributed by atoms with E-state index in [1.165, 1.54) is 11.3 Å². The molecule has 1 aliphatic heterocycles. The van der Waals surface area contributed by atoms with E-state index in [0.29, 0.717) is 29.6 Å². The molecule has 0 bridgehead atoms. The number of anilines is 1. The van der Waals surface area contributed by atoms with E-state index in [9.17, 15) is 13.2 Å². The SMILES string of the molecule is CC1CCCN(S(=O)(=O)c2ccc(NC(=O)c3cnc(C(C)(C)C)s3)cc2)C1. The highest BCUT2D eigenvalue weighted by Gasteiger charge is 2.28. The van der Waals surface area contributed by atoms with Crippen LogP contribution in [0, 0.1) is 5.92 Å². The maximum Gasteiger partial charge on any atom is 0.267 e. The number of hydrogen-bond acceptors (Lipinski definition) is 5. The summed E-state index contributed by atoms with van der Waals surface area (Å²) in [7, 11) is -3.49. The van der Waals surface area contributed by atoms with Gasteiger partial charge in [-0.25, -0.2) is 13.4 Å². The summed E-state index contributed by atoms with van der Waals surface area (Å²) in [6.45, 7) is 9.35. The summed E-state index contributed by atoms with van der Waals surface area (Å²) in [4.78, 5) is 17.6. The molecule has 1 atom stereocenters. The zero-order chi connectivity index (χ0) is 20.5. The van der Waals surface area contributed by atoms with Crippen molar-refractivity contribution in [1.29, 1.82) is 0 Å². The average Bonchev–Trinajstić information content (AvgIpc) is 3.13. The van der Waals surface area contributed by atoms with Crippen molar-refractivity contribution in [3.63, 3.8) is 0 Å². The number of carbonyl (C=O) groups is 1. The number of benzene rings is 1. The molecule has 0 radical (unpaired) electrons. The quantitative estimate of drug-likeness (QED) is 0.806. The van der Waals surface area contributed by atoms with Crippen molar-refractivity contribution < 1.29 is 13.2 Å². The van der Waals surface area contributed by atoms with Crippen LogP contribution in [0.2, 0.25) is 0 Å². The van der Waals surface area contributed by atoms with Gasteiger partial charge in [-0.15, -0.1) is 11.3 Å². The maximum atomic E-state index is 12.8. The molecular formula is C20H27N3O3S2. The number of aromatic nitrogens is 1. The zero-order valence-electron chi connectivity index (χ0n) is 16.7. The molecule has 1 saturated heterocycles. The number of rotatable bonds is 4. The van der Waals surface area contributed by atoms with Gasteiger partial charge in [-0.2, -0.15) is 4.31 Å². The molecule has 1 aromatic carbocycles. The minimum absolute atomic E-state index is 0.106. The molecular weight excluding hydrogens is 394 g/mol. The number of thiazole rings is 1. The Morgan fingerprint density at radius 2 is 1.93 bits per heavy atom. The highest BCUT2D eigenvalue weighted by atomic mass is 32.2. The van der Waals surface area contributed by atoms with Gasteiger partial charge in [-0.05, 0) is 43.0 Å². The van der Waals surface area contributed by atoms with Crippen molar-refractivity contribution in [2.75, 3.05) is 18.4 Å². The molecule has 152 valence electrons. The van der Waals surface area contributed by atoms with Gasteiger partial charge < -0.3 is 5.32 Å². The summed E-state index contributed by atoms with van der Waals surface area (Å²) in [5.41, 5.74) is 0.451. The Morgan fingerprint density at radius 1 is 1.25 bits per heavy atom. The maximum absolute atomic E-state index is 12.8. The summed E-state index contributed by atoms with van der Waals surface area (Å²) < 4.78 is 27.2. The van der Waals surface area contributed by atoms with Crippen LogP contribution in [-0.2, 0) is 15.4 Å². The third-order valence-corrected chi connectivity index (χ3v) is 8.04. The van der Waals surface area contributed by atoms with E-state index in [1.807, 2.05) is 0 Å². The van der Waals surface area contributed by atoms with Crippen molar-refractivity contribution in [2.45, 2.75) is 50.8 Å². The summed E-state index contributed by atoms with van der Waals surface area (Å²) in [5, 5.41) is 3.71. The highest BCUT2D eigenvalue weighted by Crippen LogP contribution is 2.28. The Labute approximate surface area is 171 Å². The largest absolute Gasteiger partial charge is 0.321 e. The molecule has 8 heteroatoms. The fourth-order valence-corrected chi connectivity index (χ4v) is 5.61. The number of carbonyl (C=O) groups excluding carboxylic acids is 1. The second-order valence-corrected chi connectivity index (χ2v) is 11.3. The lowest BCUT2D eigenvalue weighted by Gasteiger charge is -2.30. The monoisotopic (exact) mass is 421 g/mol. The smallest absolute Gasteiger partial charge is 0.267 e. The predicted octanol–water partition coefficient (Wildman–Crippen LogP) is 4.11. The van der Waals surface area contributed by atoms with E-state index in [-0.39, 0.29) is 16.2 Å². The highest BCUT2D eigenvalue weighted by molar-refractivity contribution is 7.89. The van der Waals surface area contributed by atoms with Gasteiger partial charge in [0.15, 0.2) is 0 Å². The van der Waals surface area contributed by atoms with Gasteiger partial charge in [0, 0.05) is 24.2 Å². The molecule has 0 saturated carbocycles. The first-order chi connectivity index (χ1) is 13.1. The molecule has 1 amide bonds. The normalized spacial score (nSPS) is 18.8.